The molecule has 5 rings (SSSR count). The SMILES string of the molecule is O=C1C(=Cc2cc3sc(-c4ccccc4)cc3s2)C(=O)c2c(Cl)c(Cl)c(Cl)c(Cl)c21. The van der Waals surface area contributed by atoms with Crippen LogP contribution in [-0.2, 0) is 0 Å². The molecule has 0 atom stereocenters. The molecule has 4 aromatic rings. The number of allylic oxidation sites excluding steroid dienone is 1. The van der Waals surface area contributed by atoms with Crippen LogP contribution in [0.5, 0.6) is 0 Å². The van der Waals surface area contributed by atoms with Crippen molar-refractivity contribution in [1.82, 2.24) is 0 Å². The van der Waals surface area contributed by atoms with Crippen LogP contribution in [0.1, 0.15) is 25.6 Å². The normalized spacial score (nSPS) is 13.4. The Labute approximate surface area is 199 Å². The van der Waals surface area contributed by atoms with Gasteiger partial charge < -0.3 is 0 Å². The highest BCUT2D eigenvalue weighted by atomic mass is 35.5. The maximum atomic E-state index is 12.9. The minimum Gasteiger partial charge on any atom is -0.288 e. The largest absolute Gasteiger partial charge is 0.288 e. The van der Waals surface area contributed by atoms with E-state index >= 15 is 0 Å². The van der Waals surface area contributed by atoms with E-state index in [1.807, 2.05) is 24.3 Å². The van der Waals surface area contributed by atoms with Gasteiger partial charge in [-0.3, -0.25) is 9.59 Å². The van der Waals surface area contributed by atoms with Crippen LogP contribution in [0.3, 0.4) is 0 Å². The topological polar surface area (TPSA) is 34.1 Å². The standard InChI is InChI=1S/C22H8Cl4O2S2/c23-17-15-16(18(24)20(26)19(17)25)22(28)11(21(15)27)6-10-7-13-14(29-10)8-12(30-13)9-4-2-1-3-5-9/h1-8H. The predicted octanol–water partition coefficient (Wildman–Crippen LogP) is 8.71. The van der Waals surface area contributed by atoms with Crippen molar-refractivity contribution in [3.05, 3.63) is 84.1 Å². The van der Waals surface area contributed by atoms with Crippen molar-refractivity contribution in [3.63, 3.8) is 0 Å². The van der Waals surface area contributed by atoms with Crippen molar-refractivity contribution >= 4 is 96.1 Å². The smallest absolute Gasteiger partial charge is 0.199 e. The molecule has 30 heavy (non-hydrogen) atoms. The summed E-state index contributed by atoms with van der Waals surface area (Å²) in [7, 11) is 0. The van der Waals surface area contributed by atoms with E-state index in [1.54, 1.807) is 17.4 Å². The Bertz CT molecular complexity index is 1330. The van der Waals surface area contributed by atoms with E-state index < -0.39 is 11.6 Å². The first-order valence-corrected chi connectivity index (χ1v) is 11.8. The van der Waals surface area contributed by atoms with E-state index in [4.69, 9.17) is 46.4 Å². The van der Waals surface area contributed by atoms with Gasteiger partial charge in [0.2, 0.25) is 0 Å². The third-order valence-corrected chi connectivity index (χ3v) is 8.87. The lowest BCUT2D eigenvalue weighted by Gasteiger charge is -2.07. The Kier molecular flexibility index (Phi) is 5.05. The predicted molar refractivity (Wildman–Crippen MR) is 128 cm³/mol. The van der Waals surface area contributed by atoms with Crippen molar-refractivity contribution in [1.29, 1.82) is 0 Å². The van der Waals surface area contributed by atoms with Crippen molar-refractivity contribution in [3.8, 4) is 10.4 Å². The van der Waals surface area contributed by atoms with Crippen molar-refractivity contribution in [2.75, 3.05) is 0 Å². The number of Topliss-reactive ketones (excluding diaryl/α,β-unsaturated/α-hetero) is 2. The summed E-state index contributed by atoms with van der Waals surface area (Å²) in [5.74, 6) is -0.996. The summed E-state index contributed by atoms with van der Waals surface area (Å²) in [5.41, 5.74) is 1.18. The van der Waals surface area contributed by atoms with Gasteiger partial charge >= 0.3 is 0 Å². The van der Waals surface area contributed by atoms with Crippen LogP contribution in [0.2, 0.25) is 20.1 Å². The maximum absolute atomic E-state index is 12.9. The van der Waals surface area contributed by atoms with Gasteiger partial charge in [-0.25, -0.2) is 0 Å². The van der Waals surface area contributed by atoms with Gasteiger partial charge in [0.25, 0.3) is 0 Å². The molecule has 2 aromatic heterocycles. The number of thiophene rings is 2. The van der Waals surface area contributed by atoms with Gasteiger partial charge in [0, 0.05) is 19.2 Å². The molecule has 0 N–H and O–H groups in total. The summed E-state index contributed by atoms with van der Waals surface area (Å²) < 4.78 is 2.17. The summed E-state index contributed by atoms with van der Waals surface area (Å²) >= 11 is 27.7. The highest BCUT2D eigenvalue weighted by Crippen LogP contribution is 2.46. The Hall–Kier alpha value is -1.66. The molecule has 0 saturated carbocycles. The van der Waals surface area contributed by atoms with Crippen LogP contribution in [0.4, 0.5) is 0 Å². The molecule has 0 fully saturated rings. The molecule has 0 unspecified atom stereocenters. The molecule has 1 aliphatic carbocycles. The molecule has 1 aliphatic rings. The second-order valence-corrected chi connectivity index (χ2v) is 10.3. The van der Waals surface area contributed by atoms with Crippen molar-refractivity contribution < 1.29 is 9.59 Å². The van der Waals surface area contributed by atoms with E-state index in [1.165, 1.54) is 16.2 Å². The summed E-state index contributed by atoms with van der Waals surface area (Å²) in [4.78, 5) is 27.8. The Morgan fingerprint density at radius 2 is 1.27 bits per heavy atom. The van der Waals surface area contributed by atoms with Crippen LogP contribution in [0.25, 0.3) is 25.9 Å². The summed E-state index contributed by atoms with van der Waals surface area (Å²) in [6.45, 7) is 0. The van der Waals surface area contributed by atoms with Gasteiger partial charge in [0.1, 0.15) is 0 Å². The fourth-order valence-corrected chi connectivity index (χ4v) is 6.75. The third kappa shape index (κ3) is 3.06. The molecule has 8 heteroatoms. The molecule has 0 spiro atoms. The monoisotopic (exact) mass is 508 g/mol. The third-order valence-electron chi connectivity index (χ3n) is 4.78. The molecule has 0 amide bonds. The molecule has 2 aromatic carbocycles. The lowest BCUT2D eigenvalue weighted by Crippen LogP contribution is -2.00. The molecule has 0 saturated heterocycles. The number of hydrogen-bond donors (Lipinski definition) is 0. The van der Waals surface area contributed by atoms with Gasteiger partial charge in [-0.15, -0.1) is 22.7 Å². The quantitative estimate of drug-likeness (QED) is 0.117. The van der Waals surface area contributed by atoms with Crippen LogP contribution >= 0.6 is 69.1 Å². The molecule has 0 radical (unpaired) electrons. The fourth-order valence-electron chi connectivity index (χ4n) is 3.37. The number of rotatable bonds is 2. The minimum atomic E-state index is -0.498. The van der Waals surface area contributed by atoms with E-state index in [0.29, 0.717) is 0 Å². The highest BCUT2D eigenvalue weighted by molar-refractivity contribution is 7.29. The van der Waals surface area contributed by atoms with E-state index in [9.17, 15) is 9.59 Å². The second kappa shape index (κ2) is 7.49. The van der Waals surface area contributed by atoms with Gasteiger partial charge in [-0.2, -0.15) is 0 Å². The Morgan fingerprint density at radius 3 is 1.83 bits per heavy atom. The van der Waals surface area contributed by atoms with Gasteiger partial charge in [-0.1, -0.05) is 76.7 Å². The number of fused-ring (bicyclic) bond motifs is 2. The lowest BCUT2D eigenvalue weighted by atomic mass is 10.1. The number of halogens is 4. The van der Waals surface area contributed by atoms with Crippen LogP contribution in [-0.4, -0.2) is 11.6 Å². The van der Waals surface area contributed by atoms with E-state index in [-0.39, 0.29) is 36.8 Å². The van der Waals surface area contributed by atoms with Gasteiger partial charge in [0.05, 0.1) is 36.8 Å². The van der Waals surface area contributed by atoms with Crippen LogP contribution in [0.15, 0.2) is 48.0 Å². The first-order chi connectivity index (χ1) is 14.4. The average molecular weight is 510 g/mol. The number of benzene rings is 2. The molecule has 2 nitrogen and oxygen atoms in total. The lowest BCUT2D eigenvalue weighted by molar-refractivity contribution is 0.0990. The molecule has 0 aliphatic heterocycles. The Morgan fingerprint density at radius 1 is 0.700 bits per heavy atom. The fraction of sp³-hybridized carbons (Fsp3) is 0. The summed E-state index contributed by atoms with van der Waals surface area (Å²) in [6.07, 6.45) is 1.58. The van der Waals surface area contributed by atoms with Gasteiger partial charge in [-0.05, 0) is 23.8 Å². The van der Waals surface area contributed by atoms with E-state index in [0.717, 1.165) is 19.8 Å². The highest BCUT2D eigenvalue weighted by Gasteiger charge is 2.39. The number of hydrogen-bond acceptors (Lipinski definition) is 4. The van der Waals surface area contributed by atoms with Gasteiger partial charge in [0.15, 0.2) is 11.6 Å². The molecule has 148 valence electrons. The van der Waals surface area contributed by atoms with Crippen LogP contribution in [0, 0.1) is 0 Å². The number of carbonyl (C=O) groups is 2. The van der Waals surface area contributed by atoms with Crippen LogP contribution < -0.4 is 0 Å². The van der Waals surface area contributed by atoms with E-state index in [2.05, 4.69) is 18.2 Å². The first kappa shape index (κ1) is 20.3. The van der Waals surface area contributed by atoms with Crippen molar-refractivity contribution in [2.24, 2.45) is 0 Å². The van der Waals surface area contributed by atoms with Crippen molar-refractivity contribution in [2.45, 2.75) is 0 Å². The molecular formula is C22H8Cl4O2S2. The molecule has 0 bridgehead atoms. The minimum absolute atomic E-state index is 0.00400. The zero-order chi connectivity index (χ0) is 21.2. The molecular weight excluding hydrogens is 502 g/mol. The number of ketones is 2. The second-order valence-electron chi connectivity index (χ2n) is 6.58. The molecule has 2 heterocycles. The average Bonchev–Trinajstić information content (AvgIpc) is 3.38. The Balaban J connectivity index is 1.57. The summed E-state index contributed by atoms with van der Waals surface area (Å²) in [5, 5.41) is -0.172. The zero-order valence-electron chi connectivity index (χ0n) is 14.8. The maximum Gasteiger partial charge on any atom is 0.199 e. The first-order valence-electron chi connectivity index (χ1n) is 8.62. The zero-order valence-corrected chi connectivity index (χ0v) is 19.4. The number of carbonyl (C=O) groups excluding carboxylic acids is 2. The summed E-state index contributed by atoms with van der Waals surface area (Å²) in [6, 6.07) is 14.2.